The van der Waals surface area contributed by atoms with E-state index in [9.17, 15) is 4.39 Å². The molecule has 0 fully saturated rings. The third-order valence-corrected chi connectivity index (χ3v) is 1.66. The molecule has 1 N–H and O–H groups in total. The quantitative estimate of drug-likeness (QED) is 0.409. The Hall–Kier alpha value is -1.09. The minimum atomic E-state index is -0.396. The van der Waals surface area contributed by atoms with Gasteiger partial charge in [0.05, 0.1) is 0 Å². The van der Waals surface area contributed by atoms with Gasteiger partial charge in [-0.05, 0) is 30.7 Å². The summed E-state index contributed by atoms with van der Waals surface area (Å²) in [5.41, 5.74) is 1.10. The highest BCUT2D eigenvalue weighted by Crippen LogP contribution is 2.10. The molecule has 0 unspecified atom stereocenters. The summed E-state index contributed by atoms with van der Waals surface area (Å²) in [6.07, 6.45) is 0. The van der Waals surface area contributed by atoms with Gasteiger partial charge in [0.1, 0.15) is 5.82 Å². The van der Waals surface area contributed by atoms with Crippen molar-refractivity contribution in [2.24, 2.45) is 5.16 Å². The van der Waals surface area contributed by atoms with Gasteiger partial charge in [-0.3, -0.25) is 0 Å². The van der Waals surface area contributed by atoms with E-state index in [0.29, 0.717) is 5.56 Å². The number of oxime groups is 1. The van der Waals surface area contributed by atoms with Crippen LogP contribution in [0.3, 0.4) is 0 Å². The lowest BCUT2D eigenvalue weighted by Crippen LogP contribution is -1.93. The van der Waals surface area contributed by atoms with Crippen LogP contribution in [0.5, 0.6) is 0 Å². The standard InChI is InChI=1S/C8H7ClFNO/c1-5-2-6(8(9)11-12)4-7(10)3-5/h2-4,12H,1H3. The van der Waals surface area contributed by atoms with Crippen LogP contribution in [0.1, 0.15) is 11.1 Å². The van der Waals surface area contributed by atoms with Crippen LogP contribution < -0.4 is 0 Å². The molecule has 0 aliphatic heterocycles. The molecule has 0 amide bonds. The first-order valence-electron chi connectivity index (χ1n) is 3.28. The molecule has 2 nitrogen and oxygen atoms in total. The molecule has 4 heteroatoms. The largest absolute Gasteiger partial charge is 0.410 e. The minimum Gasteiger partial charge on any atom is -0.410 e. The van der Waals surface area contributed by atoms with Crippen molar-refractivity contribution in [3.8, 4) is 0 Å². The Labute approximate surface area is 74.3 Å². The SMILES string of the molecule is Cc1cc(F)cc(C(Cl)=NO)c1. The van der Waals surface area contributed by atoms with Crippen molar-refractivity contribution in [3.63, 3.8) is 0 Å². The van der Waals surface area contributed by atoms with Crippen molar-refractivity contribution in [1.82, 2.24) is 0 Å². The number of hydrogen-bond acceptors (Lipinski definition) is 2. The molecule has 1 rings (SSSR count). The summed E-state index contributed by atoms with van der Waals surface area (Å²) < 4.78 is 12.7. The van der Waals surface area contributed by atoms with Crippen molar-refractivity contribution < 1.29 is 9.60 Å². The van der Waals surface area contributed by atoms with Crippen LogP contribution in [0, 0.1) is 12.7 Å². The first-order chi connectivity index (χ1) is 5.63. The molecule has 64 valence electrons. The molecule has 0 atom stereocenters. The number of hydrogen-bond donors (Lipinski definition) is 1. The third-order valence-electron chi connectivity index (χ3n) is 1.37. The van der Waals surface area contributed by atoms with Gasteiger partial charge in [-0.1, -0.05) is 16.8 Å². The Morgan fingerprint density at radius 1 is 1.50 bits per heavy atom. The van der Waals surface area contributed by atoms with Gasteiger partial charge in [0.25, 0.3) is 0 Å². The first kappa shape index (κ1) is 9.00. The zero-order chi connectivity index (χ0) is 9.14. The van der Waals surface area contributed by atoms with Gasteiger partial charge >= 0.3 is 0 Å². The lowest BCUT2D eigenvalue weighted by Gasteiger charge is -1.98. The molecule has 0 aliphatic carbocycles. The molecule has 0 aromatic heterocycles. The van der Waals surface area contributed by atoms with Gasteiger partial charge in [-0.15, -0.1) is 0 Å². The van der Waals surface area contributed by atoms with Gasteiger partial charge in [0, 0.05) is 5.56 Å². The summed E-state index contributed by atoms with van der Waals surface area (Å²) >= 11 is 5.47. The van der Waals surface area contributed by atoms with Gasteiger partial charge < -0.3 is 5.21 Å². The van der Waals surface area contributed by atoms with E-state index in [1.807, 2.05) is 0 Å². The summed E-state index contributed by atoms with van der Waals surface area (Å²) in [5.74, 6) is -0.396. The summed E-state index contributed by atoms with van der Waals surface area (Å²) in [6.45, 7) is 1.73. The van der Waals surface area contributed by atoms with Crippen molar-refractivity contribution in [1.29, 1.82) is 0 Å². The molecule has 1 aromatic rings. The summed E-state index contributed by atoms with van der Waals surface area (Å²) in [6, 6.07) is 4.20. The fraction of sp³-hybridized carbons (Fsp3) is 0.125. The van der Waals surface area contributed by atoms with E-state index < -0.39 is 5.82 Å². The lowest BCUT2D eigenvalue weighted by atomic mass is 10.1. The maximum absolute atomic E-state index is 12.7. The van der Waals surface area contributed by atoms with Crippen LogP contribution in [0.2, 0.25) is 0 Å². The average Bonchev–Trinajstić information content (AvgIpc) is 2.01. The van der Waals surface area contributed by atoms with E-state index in [1.165, 1.54) is 12.1 Å². The summed E-state index contributed by atoms with van der Waals surface area (Å²) in [5, 5.41) is 10.9. The van der Waals surface area contributed by atoms with Gasteiger partial charge in [0.2, 0.25) is 0 Å². The van der Waals surface area contributed by atoms with E-state index in [2.05, 4.69) is 5.16 Å². The van der Waals surface area contributed by atoms with Crippen LogP contribution in [-0.2, 0) is 0 Å². The fourth-order valence-electron chi connectivity index (χ4n) is 0.913. The van der Waals surface area contributed by atoms with Crippen LogP contribution in [-0.4, -0.2) is 10.4 Å². The van der Waals surface area contributed by atoms with E-state index in [1.54, 1.807) is 13.0 Å². The lowest BCUT2D eigenvalue weighted by molar-refractivity contribution is 0.321. The Morgan fingerprint density at radius 2 is 2.17 bits per heavy atom. The molecule has 0 saturated carbocycles. The zero-order valence-corrected chi connectivity index (χ0v) is 7.14. The maximum atomic E-state index is 12.7. The van der Waals surface area contributed by atoms with Gasteiger partial charge in [-0.25, -0.2) is 4.39 Å². The average molecular weight is 188 g/mol. The molecule has 12 heavy (non-hydrogen) atoms. The zero-order valence-electron chi connectivity index (χ0n) is 6.38. The number of nitrogens with zero attached hydrogens (tertiary/aromatic N) is 1. The third kappa shape index (κ3) is 1.95. The Bertz CT molecular complexity index is 305. The van der Waals surface area contributed by atoms with E-state index in [4.69, 9.17) is 16.8 Å². The second-order valence-corrected chi connectivity index (χ2v) is 2.77. The Balaban J connectivity index is 3.17. The maximum Gasteiger partial charge on any atom is 0.175 e. The van der Waals surface area contributed by atoms with Crippen LogP contribution >= 0.6 is 11.6 Å². The molecule has 0 radical (unpaired) electrons. The predicted molar refractivity (Wildman–Crippen MR) is 45.3 cm³/mol. The van der Waals surface area contributed by atoms with Crippen LogP contribution in [0.25, 0.3) is 0 Å². The molecule has 1 aromatic carbocycles. The molecular formula is C8H7ClFNO. The van der Waals surface area contributed by atoms with E-state index in [-0.39, 0.29) is 5.17 Å². The summed E-state index contributed by atoms with van der Waals surface area (Å²) in [7, 11) is 0. The molecular weight excluding hydrogens is 181 g/mol. The number of halogens is 2. The van der Waals surface area contributed by atoms with Crippen molar-refractivity contribution in [2.75, 3.05) is 0 Å². The minimum absolute atomic E-state index is 0.113. The summed E-state index contributed by atoms with van der Waals surface area (Å²) in [4.78, 5) is 0. The highest BCUT2D eigenvalue weighted by atomic mass is 35.5. The highest BCUT2D eigenvalue weighted by molar-refractivity contribution is 6.69. The molecule has 0 bridgehead atoms. The second-order valence-electron chi connectivity index (χ2n) is 2.41. The molecule has 0 heterocycles. The van der Waals surface area contributed by atoms with Crippen molar-refractivity contribution in [3.05, 3.63) is 35.1 Å². The number of benzene rings is 1. The van der Waals surface area contributed by atoms with E-state index >= 15 is 0 Å². The predicted octanol–water partition coefficient (Wildman–Crippen LogP) is 2.51. The normalized spacial score (nSPS) is 11.8. The Morgan fingerprint density at radius 3 is 2.67 bits per heavy atom. The number of rotatable bonds is 1. The highest BCUT2D eigenvalue weighted by Gasteiger charge is 2.02. The number of aryl methyl sites for hydroxylation is 1. The van der Waals surface area contributed by atoms with Crippen molar-refractivity contribution in [2.45, 2.75) is 6.92 Å². The fourth-order valence-corrected chi connectivity index (χ4v) is 1.02. The first-order valence-corrected chi connectivity index (χ1v) is 3.66. The van der Waals surface area contributed by atoms with E-state index in [0.717, 1.165) is 5.56 Å². The molecule has 0 saturated heterocycles. The molecule has 0 spiro atoms. The second kappa shape index (κ2) is 3.54. The topological polar surface area (TPSA) is 32.6 Å². The van der Waals surface area contributed by atoms with Gasteiger partial charge in [-0.2, -0.15) is 0 Å². The molecule has 0 aliphatic rings. The van der Waals surface area contributed by atoms with Crippen molar-refractivity contribution >= 4 is 16.8 Å². The smallest absolute Gasteiger partial charge is 0.175 e. The van der Waals surface area contributed by atoms with Crippen LogP contribution in [0.15, 0.2) is 23.4 Å². The van der Waals surface area contributed by atoms with Gasteiger partial charge in [0.15, 0.2) is 5.17 Å². The Kier molecular flexibility index (Phi) is 2.65. The van der Waals surface area contributed by atoms with Crippen LogP contribution in [0.4, 0.5) is 4.39 Å². The monoisotopic (exact) mass is 187 g/mol.